The Morgan fingerprint density at radius 2 is 1.93 bits per heavy atom. The average molecular weight is 443 g/mol. The molecule has 3 aromatic rings. The molecule has 2 aliphatic rings. The van der Waals surface area contributed by atoms with Crippen LogP contribution in [0.15, 0.2) is 42.5 Å². The van der Waals surface area contributed by atoms with Crippen molar-refractivity contribution in [3.05, 3.63) is 53.1 Å². The van der Waals surface area contributed by atoms with Crippen molar-refractivity contribution >= 4 is 39.2 Å². The number of rotatable bonds is 5. The van der Waals surface area contributed by atoms with Gasteiger partial charge in [0.05, 0.1) is 10.2 Å². The summed E-state index contributed by atoms with van der Waals surface area (Å²) in [4.78, 5) is 18.3. The number of nitrogens with zero attached hydrogens (tertiary/aromatic N) is 2. The molecule has 8 heteroatoms. The number of urea groups is 1. The Bertz CT molecular complexity index is 1060. The van der Waals surface area contributed by atoms with Crippen LogP contribution in [-0.4, -0.2) is 34.0 Å². The number of hydrogen-bond acceptors (Lipinski definition) is 5. The number of nitrogens with one attached hydrogen (secondary N) is 1. The van der Waals surface area contributed by atoms with E-state index in [1.807, 2.05) is 30.3 Å². The zero-order valence-corrected chi connectivity index (χ0v) is 18.0. The molecular weight excluding hydrogens is 420 g/mol. The maximum absolute atomic E-state index is 11.2. The predicted molar refractivity (Wildman–Crippen MR) is 119 cm³/mol. The lowest BCUT2D eigenvalue weighted by Crippen LogP contribution is -2.51. The van der Waals surface area contributed by atoms with Crippen molar-refractivity contribution in [1.82, 2.24) is 15.2 Å². The molecule has 2 fully saturated rings. The summed E-state index contributed by atoms with van der Waals surface area (Å²) in [7, 11) is 0. The second kappa shape index (κ2) is 8.06. The third-order valence-corrected chi connectivity index (χ3v) is 7.20. The predicted octanol–water partition coefficient (Wildman–Crippen LogP) is 4.91. The van der Waals surface area contributed by atoms with Gasteiger partial charge >= 0.3 is 6.03 Å². The number of nitrogens with two attached hydrogens (primary N) is 1. The molecule has 3 heterocycles. The van der Waals surface area contributed by atoms with Gasteiger partial charge in [0.2, 0.25) is 0 Å². The molecule has 2 amide bonds. The number of halogens is 1. The van der Waals surface area contributed by atoms with Gasteiger partial charge in [-0.05, 0) is 61.6 Å². The Morgan fingerprint density at radius 1 is 1.20 bits per heavy atom. The molecule has 3 N–H and O–H groups in total. The van der Waals surface area contributed by atoms with Gasteiger partial charge in [0.15, 0.2) is 0 Å². The first-order valence-electron chi connectivity index (χ1n) is 10.2. The summed E-state index contributed by atoms with van der Waals surface area (Å²) < 4.78 is 7.00. The molecule has 0 aliphatic carbocycles. The number of amides is 2. The first-order chi connectivity index (χ1) is 14.5. The summed E-state index contributed by atoms with van der Waals surface area (Å²) in [5.74, 6) is 0.774. The fourth-order valence-corrected chi connectivity index (χ4v) is 5.73. The van der Waals surface area contributed by atoms with Gasteiger partial charge in [-0.3, -0.25) is 4.90 Å². The summed E-state index contributed by atoms with van der Waals surface area (Å²) in [5, 5.41) is 4.18. The molecule has 30 heavy (non-hydrogen) atoms. The topological polar surface area (TPSA) is 80.5 Å². The molecule has 6 nitrogen and oxygen atoms in total. The van der Waals surface area contributed by atoms with Gasteiger partial charge in [-0.25, -0.2) is 9.78 Å². The number of aromatic nitrogens is 1. The van der Waals surface area contributed by atoms with E-state index >= 15 is 0 Å². The molecular formula is C22H23ClN4O2S. The highest BCUT2D eigenvalue weighted by molar-refractivity contribution is 7.20. The van der Waals surface area contributed by atoms with Crippen LogP contribution >= 0.6 is 22.9 Å². The number of piperidine rings is 1. The summed E-state index contributed by atoms with van der Waals surface area (Å²) in [6, 6.07) is 14.7. The number of fused-ring (bicyclic) bond motifs is 3. The van der Waals surface area contributed by atoms with E-state index in [1.165, 1.54) is 29.7 Å². The molecule has 2 saturated heterocycles. The third-order valence-electron chi connectivity index (χ3n) is 6.05. The van der Waals surface area contributed by atoms with Crippen LogP contribution in [0.4, 0.5) is 4.79 Å². The molecule has 2 aromatic carbocycles. The monoisotopic (exact) mass is 442 g/mol. The number of hydrogen-bond donors (Lipinski definition) is 2. The van der Waals surface area contributed by atoms with Crippen LogP contribution in [0.25, 0.3) is 10.2 Å². The number of thiazole rings is 1. The third kappa shape index (κ3) is 4.10. The molecule has 0 spiro atoms. The van der Waals surface area contributed by atoms with Gasteiger partial charge < -0.3 is 15.8 Å². The maximum atomic E-state index is 11.2. The van der Waals surface area contributed by atoms with Crippen LogP contribution in [-0.2, 0) is 6.54 Å². The van der Waals surface area contributed by atoms with E-state index in [4.69, 9.17) is 22.1 Å². The SMILES string of the molecule is NC(=O)NC1CC2CC[C@@H](C1)N2Cc1ccc(Oc2nc3cc(Cl)ccc3s2)cc1. The van der Waals surface area contributed by atoms with Gasteiger partial charge in [-0.15, -0.1) is 0 Å². The molecule has 3 atom stereocenters. The fraction of sp³-hybridized carbons (Fsp3) is 0.364. The van der Waals surface area contributed by atoms with Gasteiger partial charge in [0.1, 0.15) is 5.75 Å². The van der Waals surface area contributed by atoms with Gasteiger partial charge in [0, 0.05) is 29.7 Å². The first kappa shape index (κ1) is 19.6. The van der Waals surface area contributed by atoms with Crippen LogP contribution < -0.4 is 15.8 Å². The van der Waals surface area contributed by atoms with E-state index in [0.717, 1.165) is 35.4 Å². The zero-order chi connectivity index (χ0) is 20.7. The summed E-state index contributed by atoms with van der Waals surface area (Å²) in [5.41, 5.74) is 7.42. The van der Waals surface area contributed by atoms with Crippen LogP contribution in [0.2, 0.25) is 5.02 Å². The van der Waals surface area contributed by atoms with Crippen molar-refractivity contribution < 1.29 is 9.53 Å². The summed E-state index contributed by atoms with van der Waals surface area (Å²) >= 11 is 7.54. The first-order valence-corrected chi connectivity index (χ1v) is 11.4. The molecule has 0 saturated carbocycles. The van der Waals surface area contributed by atoms with Crippen molar-refractivity contribution in [2.75, 3.05) is 0 Å². The van der Waals surface area contributed by atoms with Crippen LogP contribution in [0.3, 0.4) is 0 Å². The Kier molecular flexibility index (Phi) is 5.26. The Labute approximate surface area is 184 Å². The minimum Gasteiger partial charge on any atom is -0.431 e. The van der Waals surface area contributed by atoms with E-state index in [-0.39, 0.29) is 6.04 Å². The summed E-state index contributed by atoms with van der Waals surface area (Å²) in [6.07, 6.45) is 4.32. The molecule has 0 radical (unpaired) electrons. The molecule has 2 aliphatic heterocycles. The molecule has 1 aromatic heterocycles. The Morgan fingerprint density at radius 3 is 2.63 bits per heavy atom. The van der Waals surface area contributed by atoms with E-state index < -0.39 is 6.03 Å². The van der Waals surface area contributed by atoms with Crippen molar-refractivity contribution in [2.24, 2.45) is 5.73 Å². The molecule has 156 valence electrons. The Hall–Kier alpha value is -2.35. The van der Waals surface area contributed by atoms with Crippen molar-refractivity contribution in [2.45, 2.75) is 50.4 Å². The highest BCUT2D eigenvalue weighted by Crippen LogP contribution is 2.37. The Balaban J connectivity index is 1.23. The maximum Gasteiger partial charge on any atom is 0.312 e. The number of carbonyl (C=O) groups excluding carboxylic acids is 1. The number of carbonyl (C=O) groups is 1. The van der Waals surface area contributed by atoms with E-state index in [0.29, 0.717) is 22.3 Å². The van der Waals surface area contributed by atoms with Crippen LogP contribution in [0.5, 0.6) is 10.9 Å². The lowest BCUT2D eigenvalue weighted by molar-refractivity contribution is 0.112. The van der Waals surface area contributed by atoms with E-state index in [9.17, 15) is 4.79 Å². The minimum absolute atomic E-state index is 0.204. The second-order valence-electron chi connectivity index (χ2n) is 8.07. The lowest BCUT2D eigenvalue weighted by atomic mass is 9.96. The minimum atomic E-state index is -0.417. The largest absolute Gasteiger partial charge is 0.431 e. The normalized spacial score (nSPS) is 23.6. The molecule has 2 bridgehead atoms. The number of benzene rings is 2. The highest BCUT2D eigenvalue weighted by atomic mass is 35.5. The molecule has 5 rings (SSSR count). The van der Waals surface area contributed by atoms with E-state index in [1.54, 1.807) is 0 Å². The average Bonchev–Trinajstić information content (AvgIpc) is 3.19. The molecule has 2 unspecified atom stereocenters. The number of ether oxygens (including phenoxy) is 1. The van der Waals surface area contributed by atoms with Gasteiger partial charge in [-0.1, -0.05) is 35.1 Å². The van der Waals surface area contributed by atoms with Crippen LogP contribution in [0, 0.1) is 0 Å². The van der Waals surface area contributed by atoms with Crippen molar-refractivity contribution in [3.63, 3.8) is 0 Å². The smallest absolute Gasteiger partial charge is 0.312 e. The summed E-state index contributed by atoms with van der Waals surface area (Å²) in [6.45, 7) is 0.915. The van der Waals surface area contributed by atoms with Crippen LogP contribution in [0.1, 0.15) is 31.2 Å². The van der Waals surface area contributed by atoms with Crippen molar-refractivity contribution in [1.29, 1.82) is 0 Å². The van der Waals surface area contributed by atoms with E-state index in [2.05, 4.69) is 27.3 Å². The second-order valence-corrected chi connectivity index (χ2v) is 9.50. The van der Waals surface area contributed by atoms with Crippen molar-refractivity contribution in [3.8, 4) is 10.9 Å². The fourth-order valence-electron chi connectivity index (χ4n) is 4.75. The lowest BCUT2D eigenvalue weighted by Gasteiger charge is -2.39. The highest BCUT2D eigenvalue weighted by Gasteiger charge is 2.40. The van der Waals surface area contributed by atoms with Gasteiger partial charge in [-0.2, -0.15) is 0 Å². The standard InChI is InChI=1S/C22H23ClN4O2S/c23-14-3-8-20-19(9-14)26-22(30-20)29-18-6-1-13(2-7-18)12-27-16-4-5-17(27)11-15(10-16)25-21(24)28/h1-3,6-9,15-17H,4-5,10-12H2,(H3,24,25,28)/t15?,16-,17?/m0/s1. The number of primary amides is 1. The quantitative estimate of drug-likeness (QED) is 0.588. The van der Waals surface area contributed by atoms with Gasteiger partial charge in [0.25, 0.3) is 5.19 Å². The zero-order valence-electron chi connectivity index (χ0n) is 16.4.